The van der Waals surface area contributed by atoms with Crippen LogP contribution in [0.25, 0.3) is 16.8 Å². The van der Waals surface area contributed by atoms with E-state index in [4.69, 9.17) is 27.1 Å². The van der Waals surface area contributed by atoms with E-state index in [1.165, 1.54) is 31.2 Å². The van der Waals surface area contributed by atoms with Gasteiger partial charge in [-0.15, -0.1) is 0 Å². The highest BCUT2D eigenvalue weighted by Gasteiger charge is 2.45. The summed E-state index contributed by atoms with van der Waals surface area (Å²) in [4.78, 5) is 41.7. The van der Waals surface area contributed by atoms with E-state index in [1.54, 1.807) is 17.4 Å². The molecule has 0 spiro atoms. The molecule has 3 atom stereocenters. The van der Waals surface area contributed by atoms with Gasteiger partial charge in [0.2, 0.25) is 5.91 Å². The maximum Gasteiger partial charge on any atom is 0.416 e. The maximum absolute atomic E-state index is 13.4. The van der Waals surface area contributed by atoms with Gasteiger partial charge >= 0.3 is 6.18 Å². The molecule has 2 aliphatic heterocycles. The molecule has 7 rings (SSSR count). The van der Waals surface area contributed by atoms with Gasteiger partial charge in [-0.1, -0.05) is 24.4 Å². The lowest BCUT2D eigenvalue weighted by Gasteiger charge is -2.34. The molecule has 2 saturated heterocycles. The van der Waals surface area contributed by atoms with Crippen molar-refractivity contribution in [3.05, 3.63) is 64.8 Å². The highest BCUT2D eigenvalue weighted by Crippen LogP contribution is 2.45. The summed E-state index contributed by atoms with van der Waals surface area (Å²) >= 11 is 6.73. The minimum absolute atomic E-state index is 0.0936. The third kappa shape index (κ3) is 5.97. The van der Waals surface area contributed by atoms with Crippen LogP contribution in [0.3, 0.4) is 0 Å². The maximum atomic E-state index is 13.4. The molecule has 2 amide bonds. The van der Waals surface area contributed by atoms with E-state index < -0.39 is 17.6 Å². The number of carbonyl (C=O) groups excluding carboxylic acids is 2. The molecule has 1 aromatic carbocycles. The zero-order valence-electron chi connectivity index (χ0n) is 25.6. The number of aromatic nitrogens is 4. The summed E-state index contributed by atoms with van der Waals surface area (Å²) in [6, 6.07) is 6.50. The van der Waals surface area contributed by atoms with E-state index in [9.17, 15) is 22.8 Å². The van der Waals surface area contributed by atoms with Gasteiger partial charge in [0, 0.05) is 41.7 Å². The third-order valence-corrected chi connectivity index (χ3v) is 9.64. The van der Waals surface area contributed by atoms with E-state index in [1.807, 2.05) is 4.90 Å². The molecule has 5 heterocycles. The molecule has 3 aromatic heterocycles. The van der Waals surface area contributed by atoms with Crippen LogP contribution in [0, 0.1) is 11.8 Å². The number of fused-ring (bicyclic) bond motifs is 2. The fourth-order valence-electron chi connectivity index (χ4n) is 6.96. The van der Waals surface area contributed by atoms with Crippen LogP contribution in [0.1, 0.15) is 73.1 Å². The molecular formula is C33H33ClF3N7O3. The van der Waals surface area contributed by atoms with Crippen molar-refractivity contribution < 1.29 is 27.5 Å². The van der Waals surface area contributed by atoms with Crippen LogP contribution in [0.15, 0.2) is 42.7 Å². The Kier molecular flexibility index (Phi) is 7.97. The molecule has 0 bridgehead atoms. The number of ether oxygens (including phenoxy) is 1. The summed E-state index contributed by atoms with van der Waals surface area (Å²) in [5, 5.41) is 2.74. The lowest BCUT2D eigenvalue weighted by atomic mass is 9.91. The van der Waals surface area contributed by atoms with Gasteiger partial charge in [0.25, 0.3) is 5.91 Å². The molecular weight excluding hydrogens is 635 g/mol. The molecule has 0 unspecified atom stereocenters. The first-order chi connectivity index (χ1) is 22.5. The van der Waals surface area contributed by atoms with E-state index in [2.05, 4.69) is 15.3 Å². The van der Waals surface area contributed by atoms with Gasteiger partial charge in [-0.3, -0.25) is 14.0 Å². The molecule has 246 valence electrons. The first-order valence-corrected chi connectivity index (χ1v) is 16.1. The summed E-state index contributed by atoms with van der Waals surface area (Å²) in [5.74, 6) is 1.16. The second-order valence-corrected chi connectivity index (χ2v) is 12.9. The van der Waals surface area contributed by atoms with Crippen LogP contribution in [0.4, 0.5) is 24.8 Å². The number of amides is 2. The van der Waals surface area contributed by atoms with Gasteiger partial charge < -0.3 is 20.7 Å². The molecule has 47 heavy (non-hydrogen) atoms. The Hall–Kier alpha value is -4.39. The van der Waals surface area contributed by atoms with Crippen LogP contribution >= 0.6 is 11.6 Å². The highest BCUT2D eigenvalue weighted by molar-refractivity contribution is 6.30. The molecule has 10 nitrogen and oxygen atoms in total. The molecule has 3 aliphatic rings. The van der Waals surface area contributed by atoms with Crippen LogP contribution < -0.4 is 15.8 Å². The standard InChI is InChI=1S/C33H33ClF3N7O3/c1-2-47-24-13-18(31(45)41-26-14-21(9-10-39-26)33(35,36)37)6-8-23(24)27-28-29(38)40-15-25(34)44(28)30(42-27)19-5-7-22-12-20(11-17-3-4-17)32(46)43(22)16-19/h6,8-10,13-15,17,19-20,22H,2-5,7,11-12,16H2,1H3,(H2,38,40)(H,39,41,45)/t19-,20-,22+/m1/s1. The lowest BCUT2D eigenvalue weighted by molar-refractivity contribution is -0.137. The van der Waals surface area contributed by atoms with Crippen LogP contribution in [-0.4, -0.2) is 55.3 Å². The number of hydrogen-bond acceptors (Lipinski definition) is 7. The molecule has 4 aromatic rings. The smallest absolute Gasteiger partial charge is 0.416 e. The van der Waals surface area contributed by atoms with Crippen molar-refractivity contribution in [2.75, 3.05) is 24.2 Å². The number of benzene rings is 1. The minimum Gasteiger partial charge on any atom is -0.493 e. The zero-order valence-corrected chi connectivity index (χ0v) is 26.3. The van der Waals surface area contributed by atoms with E-state index in [0.717, 1.165) is 44.0 Å². The second kappa shape index (κ2) is 12.0. The van der Waals surface area contributed by atoms with E-state index >= 15 is 0 Å². The highest BCUT2D eigenvalue weighted by atomic mass is 35.5. The lowest BCUT2D eigenvalue weighted by Crippen LogP contribution is -2.41. The SMILES string of the molecule is CCOc1cc(C(=O)Nc2cc(C(F)(F)F)ccn2)ccc1-c1nc([C@@H]2CC[C@H]3C[C@@H](CC4CC4)C(=O)N3C2)n2c(Cl)cnc(N)c12. The van der Waals surface area contributed by atoms with Crippen molar-refractivity contribution in [1.29, 1.82) is 0 Å². The Morgan fingerprint density at radius 1 is 1.15 bits per heavy atom. The average Bonchev–Trinajstić information content (AvgIpc) is 3.69. The number of hydrogen-bond donors (Lipinski definition) is 2. The Morgan fingerprint density at radius 3 is 2.70 bits per heavy atom. The number of carbonyl (C=O) groups is 2. The number of rotatable bonds is 8. The normalized spacial score (nSPS) is 21.3. The van der Waals surface area contributed by atoms with Gasteiger partial charge in [0.15, 0.2) is 0 Å². The Bertz CT molecular complexity index is 1880. The summed E-state index contributed by atoms with van der Waals surface area (Å²) < 4.78 is 47.3. The predicted octanol–water partition coefficient (Wildman–Crippen LogP) is 6.59. The number of piperidine rings is 1. The number of nitrogens with zero attached hydrogens (tertiary/aromatic N) is 5. The van der Waals surface area contributed by atoms with Crippen molar-refractivity contribution in [2.24, 2.45) is 11.8 Å². The van der Waals surface area contributed by atoms with Crippen LogP contribution in [-0.2, 0) is 11.0 Å². The molecule has 3 fully saturated rings. The van der Waals surface area contributed by atoms with Crippen molar-refractivity contribution in [2.45, 2.75) is 63.6 Å². The molecule has 14 heteroatoms. The van der Waals surface area contributed by atoms with E-state index in [0.29, 0.717) is 46.0 Å². The Balaban J connectivity index is 1.22. The second-order valence-electron chi connectivity index (χ2n) is 12.5. The van der Waals surface area contributed by atoms with Crippen LogP contribution in [0.5, 0.6) is 5.75 Å². The number of imidazole rings is 1. The summed E-state index contributed by atoms with van der Waals surface area (Å²) in [6.07, 6.45) is 3.89. The number of pyridine rings is 1. The number of alkyl halides is 3. The fourth-order valence-corrected chi connectivity index (χ4v) is 7.18. The fraction of sp³-hybridized carbons (Fsp3) is 0.424. The van der Waals surface area contributed by atoms with Crippen molar-refractivity contribution >= 4 is 40.6 Å². The molecule has 0 radical (unpaired) electrons. The molecule has 1 aliphatic carbocycles. The van der Waals surface area contributed by atoms with Gasteiger partial charge in [-0.05, 0) is 68.9 Å². The molecule has 1 saturated carbocycles. The predicted molar refractivity (Wildman–Crippen MR) is 169 cm³/mol. The van der Waals surface area contributed by atoms with Gasteiger partial charge in [0.1, 0.15) is 39.6 Å². The van der Waals surface area contributed by atoms with Crippen molar-refractivity contribution in [3.63, 3.8) is 0 Å². The monoisotopic (exact) mass is 667 g/mol. The number of nitrogens with two attached hydrogens (primary N) is 1. The van der Waals surface area contributed by atoms with Crippen molar-refractivity contribution in [3.8, 4) is 17.0 Å². The summed E-state index contributed by atoms with van der Waals surface area (Å²) in [5.41, 5.74) is 7.08. The van der Waals surface area contributed by atoms with Crippen molar-refractivity contribution in [1.82, 2.24) is 24.3 Å². The zero-order chi connectivity index (χ0) is 33.0. The number of nitrogen functional groups attached to an aromatic ring is 1. The Labute approximate surface area is 273 Å². The number of halogens is 4. The Morgan fingerprint density at radius 2 is 1.96 bits per heavy atom. The third-order valence-electron chi connectivity index (χ3n) is 9.37. The first kappa shape index (κ1) is 31.2. The largest absolute Gasteiger partial charge is 0.493 e. The first-order valence-electron chi connectivity index (χ1n) is 15.8. The topological polar surface area (TPSA) is 128 Å². The van der Waals surface area contributed by atoms with Gasteiger partial charge in [-0.2, -0.15) is 13.2 Å². The number of nitrogens with one attached hydrogen (secondary N) is 1. The summed E-state index contributed by atoms with van der Waals surface area (Å²) in [7, 11) is 0. The van der Waals surface area contributed by atoms with E-state index in [-0.39, 0.29) is 47.6 Å². The quantitative estimate of drug-likeness (QED) is 0.217. The average molecular weight is 668 g/mol. The molecule has 3 N–H and O–H groups in total. The number of anilines is 2. The van der Waals surface area contributed by atoms with Gasteiger partial charge in [0.05, 0.1) is 18.4 Å². The summed E-state index contributed by atoms with van der Waals surface area (Å²) in [6.45, 7) is 2.57. The minimum atomic E-state index is -4.58. The van der Waals surface area contributed by atoms with Crippen LogP contribution in [0.2, 0.25) is 5.15 Å². The van der Waals surface area contributed by atoms with Gasteiger partial charge in [-0.25, -0.2) is 15.0 Å².